The smallest absolute Gasteiger partial charge is 0.224 e. The Labute approximate surface area is 88.1 Å². The molecule has 0 amide bonds. The summed E-state index contributed by atoms with van der Waals surface area (Å²) >= 11 is 5.76. The molecule has 0 spiro atoms. The van der Waals surface area contributed by atoms with Gasteiger partial charge in [0.05, 0.1) is 0 Å². The van der Waals surface area contributed by atoms with Crippen molar-refractivity contribution in [1.29, 1.82) is 0 Å². The van der Waals surface area contributed by atoms with E-state index in [2.05, 4.69) is 20.6 Å². The second-order valence-corrected chi connectivity index (χ2v) is 3.78. The lowest BCUT2D eigenvalue weighted by Crippen LogP contribution is -2.38. The van der Waals surface area contributed by atoms with Crippen LogP contribution in [0.25, 0.3) is 0 Å². The molecule has 0 aliphatic carbocycles. The minimum atomic E-state index is 0.419. The molecule has 5 heteroatoms. The van der Waals surface area contributed by atoms with Gasteiger partial charge in [-0.2, -0.15) is 0 Å². The van der Waals surface area contributed by atoms with Gasteiger partial charge in [0, 0.05) is 18.8 Å². The molecule has 0 aromatic carbocycles. The molecular weight excluding hydrogens is 200 g/mol. The van der Waals surface area contributed by atoms with Gasteiger partial charge in [0.2, 0.25) is 5.95 Å². The number of piperidine rings is 1. The first kappa shape index (κ1) is 9.68. The minimum absolute atomic E-state index is 0.419. The third-order valence-corrected chi connectivity index (χ3v) is 2.46. The quantitative estimate of drug-likeness (QED) is 0.726. The van der Waals surface area contributed by atoms with Crippen LogP contribution < -0.4 is 10.6 Å². The van der Waals surface area contributed by atoms with E-state index in [1.165, 1.54) is 6.42 Å². The number of rotatable bonds is 2. The molecule has 1 aromatic rings. The summed E-state index contributed by atoms with van der Waals surface area (Å²) in [6.07, 6.45) is 4.01. The van der Waals surface area contributed by atoms with E-state index in [4.69, 9.17) is 11.6 Å². The van der Waals surface area contributed by atoms with E-state index < -0.39 is 0 Å². The third kappa shape index (κ3) is 2.56. The van der Waals surface area contributed by atoms with Crippen molar-refractivity contribution in [2.75, 3.05) is 18.4 Å². The van der Waals surface area contributed by atoms with Gasteiger partial charge in [0.25, 0.3) is 0 Å². The predicted molar refractivity (Wildman–Crippen MR) is 56.6 cm³/mol. The van der Waals surface area contributed by atoms with Crippen LogP contribution in [0, 0.1) is 0 Å². The second-order valence-electron chi connectivity index (χ2n) is 3.39. The van der Waals surface area contributed by atoms with Gasteiger partial charge in [-0.25, -0.2) is 9.97 Å². The zero-order valence-electron chi connectivity index (χ0n) is 7.83. The monoisotopic (exact) mass is 212 g/mol. The van der Waals surface area contributed by atoms with Crippen molar-refractivity contribution in [3.8, 4) is 0 Å². The molecule has 1 saturated heterocycles. The lowest BCUT2D eigenvalue weighted by atomic mass is 10.1. The predicted octanol–water partition coefficient (Wildman–Crippen LogP) is 1.29. The Kier molecular flexibility index (Phi) is 3.16. The molecule has 76 valence electrons. The summed E-state index contributed by atoms with van der Waals surface area (Å²) in [7, 11) is 0. The van der Waals surface area contributed by atoms with E-state index in [0.717, 1.165) is 19.5 Å². The Bertz CT molecular complexity index is 299. The average molecular weight is 213 g/mol. The van der Waals surface area contributed by atoms with Gasteiger partial charge in [-0.15, -0.1) is 0 Å². The number of hydrogen-bond donors (Lipinski definition) is 2. The van der Waals surface area contributed by atoms with E-state index in [-0.39, 0.29) is 0 Å². The normalized spacial score (nSPS) is 21.9. The molecule has 1 atom stereocenters. The van der Waals surface area contributed by atoms with E-state index in [0.29, 0.717) is 17.1 Å². The van der Waals surface area contributed by atoms with Gasteiger partial charge in [0.15, 0.2) is 0 Å². The summed E-state index contributed by atoms with van der Waals surface area (Å²) in [6, 6.07) is 2.09. The molecule has 1 aliphatic rings. The van der Waals surface area contributed by atoms with Crippen LogP contribution in [0.2, 0.25) is 5.15 Å². The fraction of sp³-hybridized carbons (Fsp3) is 0.556. The highest BCUT2D eigenvalue weighted by Crippen LogP contribution is 2.10. The van der Waals surface area contributed by atoms with Crippen LogP contribution in [0.15, 0.2) is 12.3 Å². The van der Waals surface area contributed by atoms with E-state index in [9.17, 15) is 0 Å². The van der Waals surface area contributed by atoms with Crippen LogP contribution in [0.1, 0.15) is 12.8 Å². The molecule has 14 heavy (non-hydrogen) atoms. The highest BCUT2D eigenvalue weighted by atomic mass is 35.5. The maximum atomic E-state index is 5.76. The van der Waals surface area contributed by atoms with E-state index in [1.807, 2.05) is 0 Å². The Hall–Kier alpha value is -0.870. The molecule has 4 nitrogen and oxygen atoms in total. The zero-order chi connectivity index (χ0) is 9.80. The van der Waals surface area contributed by atoms with Crippen molar-refractivity contribution in [3.63, 3.8) is 0 Å². The van der Waals surface area contributed by atoms with Crippen LogP contribution in [0.4, 0.5) is 5.95 Å². The summed E-state index contributed by atoms with van der Waals surface area (Å²) in [4.78, 5) is 8.18. The highest BCUT2D eigenvalue weighted by Gasteiger charge is 2.13. The molecule has 0 bridgehead atoms. The highest BCUT2D eigenvalue weighted by molar-refractivity contribution is 6.29. The Balaban J connectivity index is 1.95. The summed E-state index contributed by atoms with van der Waals surface area (Å²) < 4.78 is 0. The number of anilines is 1. The maximum Gasteiger partial charge on any atom is 0.224 e. The maximum absolute atomic E-state index is 5.76. The molecule has 1 aromatic heterocycles. The van der Waals surface area contributed by atoms with Gasteiger partial charge in [0.1, 0.15) is 5.15 Å². The number of halogens is 1. The van der Waals surface area contributed by atoms with Gasteiger partial charge >= 0.3 is 0 Å². The molecule has 0 saturated carbocycles. The largest absolute Gasteiger partial charge is 0.350 e. The van der Waals surface area contributed by atoms with E-state index in [1.54, 1.807) is 12.3 Å². The van der Waals surface area contributed by atoms with Gasteiger partial charge in [-0.1, -0.05) is 11.6 Å². The first-order valence-electron chi connectivity index (χ1n) is 4.80. The number of aromatic nitrogens is 2. The summed E-state index contributed by atoms with van der Waals surface area (Å²) in [5.74, 6) is 0.617. The van der Waals surface area contributed by atoms with Crippen LogP contribution >= 0.6 is 11.6 Å². The lowest BCUT2D eigenvalue weighted by Gasteiger charge is -2.23. The van der Waals surface area contributed by atoms with Crippen molar-refractivity contribution >= 4 is 17.5 Å². The molecule has 2 N–H and O–H groups in total. The number of nitrogens with zero attached hydrogens (tertiary/aromatic N) is 2. The Morgan fingerprint density at radius 3 is 3.21 bits per heavy atom. The van der Waals surface area contributed by atoms with E-state index >= 15 is 0 Å². The first-order valence-corrected chi connectivity index (χ1v) is 5.18. The van der Waals surface area contributed by atoms with Crippen molar-refractivity contribution in [2.45, 2.75) is 18.9 Å². The summed E-state index contributed by atoms with van der Waals surface area (Å²) in [6.45, 7) is 2.07. The average Bonchev–Trinajstić information content (AvgIpc) is 2.19. The second kappa shape index (κ2) is 4.57. The topological polar surface area (TPSA) is 49.8 Å². The molecule has 2 heterocycles. The van der Waals surface area contributed by atoms with Gasteiger partial charge in [-0.05, 0) is 25.5 Å². The summed E-state index contributed by atoms with van der Waals surface area (Å²) in [5.41, 5.74) is 0. The molecule has 1 fully saturated rings. The van der Waals surface area contributed by atoms with Gasteiger partial charge in [-0.3, -0.25) is 0 Å². The third-order valence-electron chi connectivity index (χ3n) is 2.25. The van der Waals surface area contributed by atoms with Crippen LogP contribution in [0.3, 0.4) is 0 Å². The molecule has 2 rings (SSSR count). The first-order chi connectivity index (χ1) is 6.84. The van der Waals surface area contributed by atoms with Crippen molar-refractivity contribution in [1.82, 2.24) is 15.3 Å². The van der Waals surface area contributed by atoms with Crippen LogP contribution in [-0.2, 0) is 0 Å². The van der Waals surface area contributed by atoms with Crippen molar-refractivity contribution in [3.05, 3.63) is 17.4 Å². The van der Waals surface area contributed by atoms with Crippen LogP contribution in [-0.4, -0.2) is 29.1 Å². The molecule has 0 unspecified atom stereocenters. The zero-order valence-corrected chi connectivity index (χ0v) is 8.59. The molecule has 0 radical (unpaired) electrons. The number of hydrogen-bond acceptors (Lipinski definition) is 4. The number of nitrogens with one attached hydrogen (secondary N) is 2. The molecule has 1 aliphatic heterocycles. The standard InChI is InChI=1S/C9H13ClN4/c10-8-3-5-12-9(14-8)13-7-2-1-4-11-6-7/h3,5,7,11H,1-2,4,6H2,(H,12,13,14)/t7-/m1/s1. The summed E-state index contributed by atoms with van der Waals surface area (Å²) in [5, 5.41) is 7.05. The Morgan fingerprint density at radius 1 is 1.57 bits per heavy atom. The fourth-order valence-electron chi connectivity index (χ4n) is 1.56. The Morgan fingerprint density at radius 2 is 2.50 bits per heavy atom. The fourth-order valence-corrected chi connectivity index (χ4v) is 1.70. The lowest BCUT2D eigenvalue weighted by molar-refractivity contribution is 0.478. The molecular formula is C9H13ClN4. The van der Waals surface area contributed by atoms with Crippen LogP contribution in [0.5, 0.6) is 0 Å². The van der Waals surface area contributed by atoms with Crippen molar-refractivity contribution < 1.29 is 0 Å². The van der Waals surface area contributed by atoms with Gasteiger partial charge < -0.3 is 10.6 Å². The SMILES string of the molecule is Clc1ccnc(N[C@@H]2CCCNC2)n1. The minimum Gasteiger partial charge on any atom is -0.350 e. The van der Waals surface area contributed by atoms with Crippen molar-refractivity contribution in [2.24, 2.45) is 0 Å².